The average molecular weight is 454 g/mol. The van der Waals surface area contributed by atoms with Gasteiger partial charge in [-0.15, -0.1) is 0 Å². The summed E-state index contributed by atoms with van der Waals surface area (Å²) in [6, 6.07) is 23.9. The standard InChI is InChI=1S/C28H27N3O3/c1-19-23(21-8-3-2-4-9-21)10-7-11-24(19)27-29-26(30-34-27)22-15-13-20(14-16-22)18-31-17-6-5-12-25(31)28(32)33/h2-4,7-11,13-16,25H,5-6,12,17-18H2,1H3,(H,32,33)/t25-/m0/s1. The number of benzene rings is 3. The molecule has 6 heteroatoms. The summed E-state index contributed by atoms with van der Waals surface area (Å²) in [7, 11) is 0. The van der Waals surface area contributed by atoms with Crippen molar-refractivity contribution in [3.8, 4) is 34.0 Å². The Morgan fingerprint density at radius 3 is 2.50 bits per heavy atom. The number of aromatic nitrogens is 2. The average Bonchev–Trinajstić information content (AvgIpc) is 3.35. The SMILES string of the molecule is Cc1c(-c2ccccc2)cccc1-c1nc(-c2ccc(CN3CCCC[C@H]3C(=O)O)cc2)no1. The van der Waals surface area contributed by atoms with E-state index in [0.717, 1.165) is 52.8 Å². The van der Waals surface area contributed by atoms with Gasteiger partial charge in [0.1, 0.15) is 6.04 Å². The summed E-state index contributed by atoms with van der Waals surface area (Å²) in [5, 5.41) is 13.7. The van der Waals surface area contributed by atoms with Crippen molar-refractivity contribution in [2.45, 2.75) is 38.8 Å². The minimum atomic E-state index is -0.734. The van der Waals surface area contributed by atoms with Crippen LogP contribution in [0.4, 0.5) is 0 Å². The summed E-state index contributed by atoms with van der Waals surface area (Å²) < 4.78 is 5.63. The molecule has 5 rings (SSSR count). The highest BCUT2D eigenvalue weighted by atomic mass is 16.5. The van der Waals surface area contributed by atoms with Crippen LogP contribution in [0.5, 0.6) is 0 Å². The van der Waals surface area contributed by atoms with Crippen LogP contribution in [-0.2, 0) is 11.3 Å². The molecule has 0 unspecified atom stereocenters. The minimum absolute atomic E-state index is 0.400. The lowest BCUT2D eigenvalue weighted by molar-refractivity contribution is -0.144. The predicted octanol–water partition coefficient (Wildman–Crippen LogP) is 5.82. The number of carbonyl (C=O) groups is 1. The smallest absolute Gasteiger partial charge is 0.320 e. The largest absolute Gasteiger partial charge is 0.480 e. The minimum Gasteiger partial charge on any atom is -0.480 e. The second-order valence-electron chi connectivity index (χ2n) is 8.78. The van der Waals surface area contributed by atoms with Crippen molar-refractivity contribution in [2.75, 3.05) is 6.54 Å². The maximum absolute atomic E-state index is 11.6. The Bertz CT molecular complexity index is 1280. The maximum atomic E-state index is 11.6. The molecule has 1 saturated heterocycles. The molecule has 0 amide bonds. The van der Waals surface area contributed by atoms with E-state index in [1.54, 1.807) is 0 Å². The van der Waals surface area contributed by atoms with Crippen molar-refractivity contribution in [3.05, 3.63) is 83.9 Å². The van der Waals surface area contributed by atoms with Gasteiger partial charge in [-0.25, -0.2) is 0 Å². The molecule has 1 aliphatic heterocycles. The van der Waals surface area contributed by atoms with Gasteiger partial charge in [0, 0.05) is 17.7 Å². The van der Waals surface area contributed by atoms with Crippen molar-refractivity contribution in [1.82, 2.24) is 15.0 Å². The molecule has 3 aromatic carbocycles. The van der Waals surface area contributed by atoms with Crippen LogP contribution < -0.4 is 0 Å². The lowest BCUT2D eigenvalue weighted by atomic mass is 9.96. The summed E-state index contributed by atoms with van der Waals surface area (Å²) >= 11 is 0. The third-order valence-corrected chi connectivity index (χ3v) is 6.57. The summed E-state index contributed by atoms with van der Waals surface area (Å²) in [6.07, 6.45) is 2.72. The number of carboxylic acids is 1. The van der Waals surface area contributed by atoms with Crippen LogP contribution in [0.3, 0.4) is 0 Å². The number of piperidine rings is 1. The summed E-state index contributed by atoms with van der Waals surface area (Å²) in [4.78, 5) is 18.3. The monoisotopic (exact) mass is 453 g/mol. The molecule has 6 nitrogen and oxygen atoms in total. The van der Waals surface area contributed by atoms with Crippen LogP contribution in [0, 0.1) is 6.92 Å². The van der Waals surface area contributed by atoms with Crippen molar-refractivity contribution in [2.24, 2.45) is 0 Å². The number of likely N-dealkylation sites (tertiary alicyclic amines) is 1. The maximum Gasteiger partial charge on any atom is 0.320 e. The quantitative estimate of drug-likeness (QED) is 0.396. The van der Waals surface area contributed by atoms with Gasteiger partial charge in [0.2, 0.25) is 5.82 Å². The lowest BCUT2D eigenvalue weighted by Gasteiger charge is -2.32. The number of rotatable bonds is 6. The van der Waals surface area contributed by atoms with Gasteiger partial charge >= 0.3 is 5.97 Å². The Morgan fingerprint density at radius 1 is 0.971 bits per heavy atom. The first-order chi connectivity index (χ1) is 16.6. The zero-order valence-electron chi connectivity index (χ0n) is 19.1. The molecule has 0 spiro atoms. The van der Waals surface area contributed by atoms with Gasteiger partial charge in [-0.3, -0.25) is 9.69 Å². The highest BCUT2D eigenvalue weighted by Crippen LogP contribution is 2.32. The number of hydrogen-bond acceptors (Lipinski definition) is 5. The summed E-state index contributed by atoms with van der Waals surface area (Å²) in [5.74, 6) is 0.293. The summed E-state index contributed by atoms with van der Waals surface area (Å²) in [5.41, 5.74) is 6.24. The van der Waals surface area contributed by atoms with E-state index < -0.39 is 12.0 Å². The zero-order chi connectivity index (χ0) is 23.5. The van der Waals surface area contributed by atoms with Crippen molar-refractivity contribution in [3.63, 3.8) is 0 Å². The molecule has 34 heavy (non-hydrogen) atoms. The van der Waals surface area contributed by atoms with Crippen LogP contribution in [0.1, 0.15) is 30.4 Å². The second kappa shape index (κ2) is 9.61. The molecule has 172 valence electrons. The molecule has 1 N–H and O–H groups in total. The number of hydrogen-bond donors (Lipinski definition) is 1. The predicted molar refractivity (Wildman–Crippen MR) is 131 cm³/mol. The molecule has 0 radical (unpaired) electrons. The topological polar surface area (TPSA) is 79.5 Å². The Labute approximate surface area is 198 Å². The van der Waals surface area contributed by atoms with E-state index >= 15 is 0 Å². The van der Waals surface area contributed by atoms with E-state index in [4.69, 9.17) is 4.52 Å². The van der Waals surface area contributed by atoms with E-state index in [-0.39, 0.29) is 0 Å². The molecule has 0 saturated carbocycles. The van der Waals surface area contributed by atoms with Crippen LogP contribution in [0.2, 0.25) is 0 Å². The second-order valence-corrected chi connectivity index (χ2v) is 8.78. The molecule has 0 aliphatic carbocycles. The number of aliphatic carboxylic acids is 1. The van der Waals surface area contributed by atoms with E-state index in [1.165, 1.54) is 0 Å². The Balaban J connectivity index is 1.35. The molecule has 4 aromatic rings. The van der Waals surface area contributed by atoms with Crippen LogP contribution in [0.25, 0.3) is 34.0 Å². The molecule has 1 aliphatic rings. The van der Waals surface area contributed by atoms with Gasteiger partial charge < -0.3 is 9.63 Å². The fraction of sp³-hybridized carbons (Fsp3) is 0.250. The first-order valence-corrected chi connectivity index (χ1v) is 11.7. The van der Waals surface area contributed by atoms with Gasteiger partial charge in [-0.1, -0.05) is 78.3 Å². The molecule has 2 heterocycles. The normalized spacial score (nSPS) is 16.4. The molecule has 1 aromatic heterocycles. The molecular formula is C28H27N3O3. The highest BCUT2D eigenvalue weighted by molar-refractivity contribution is 5.75. The molecule has 1 fully saturated rings. The molecule has 1 atom stereocenters. The number of carboxylic acid groups (broad SMARTS) is 1. The van der Waals surface area contributed by atoms with Crippen molar-refractivity contribution >= 4 is 5.97 Å². The fourth-order valence-electron chi connectivity index (χ4n) is 4.70. The Hall–Kier alpha value is -3.77. The first-order valence-electron chi connectivity index (χ1n) is 11.7. The van der Waals surface area contributed by atoms with Crippen molar-refractivity contribution in [1.29, 1.82) is 0 Å². The third-order valence-electron chi connectivity index (χ3n) is 6.57. The van der Waals surface area contributed by atoms with E-state index in [9.17, 15) is 9.90 Å². The van der Waals surface area contributed by atoms with Crippen molar-refractivity contribution < 1.29 is 14.4 Å². The first kappa shape index (κ1) is 22.0. The van der Waals surface area contributed by atoms with Crippen LogP contribution in [-0.4, -0.2) is 38.7 Å². The van der Waals surface area contributed by atoms with E-state index in [2.05, 4.69) is 40.2 Å². The van der Waals surface area contributed by atoms with Gasteiger partial charge in [0.15, 0.2) is 0 Å². The third kappa shape index (κ3) is 4.50. The van der Waals surface area contributed by atoms with E-state index in [0.29, 0.717) is 24.7 Å². The molecule has 0 bridgehead atoms. The van der Waals surface area contributed by atoms with Crippen LogP contribution in [0.15, 0.2) is 77.3 Å². The molecular weight excluding hydrogens is 426 g/mol. The van der Waals surface area contributed by atoms with E-state index in [1.807, 2.05) is 54.6 Å². The zero-order valence-corrected chi connectivity index (χ0v) is 19.1. The Kier molecular flexibility index (Phi) is 6.23. The van der Waals surface area contributed by atoms with Gasteiger partial charge in [-0.05, 0) is 54.6 Å². The lowest BCUT2D eigenvalue weighted by Crippen LogP contribution is -2.43. The van der Waals surface area contributed by atoms with Gasteiger partial charge in [0.25, 0.3) is 5.89 Å². The summed E-state index contributed by atoms with van der Waals surface area (Å²) in [6.45, 7) is 3.51. The fourth-order valence-corrected chi connectivity index (χ4v) is 4.70. The number of nitrogens with zero attached hydrogens (tertiary/aromatic N) is 3. The highest BCUT2D eigenvalue weighted by Gasteiger charge is 2.28. The Morgan fingerprint density at radius 2 is 1.74 bits per heavy atom. The van der Waals surface area contributed by atoms with Gasteiger partial charge in [0.05, 0.1) is 0 Å². The van der Waals surface area contributed by atoms with Gasteiger partial charge in [-0.2, -0.15) is 4.98 Å². The van der Waals surface area contributed by atoms with Crippen LogP contribution >= 0.6 is 0 Å².